The Balaban J connectivity index is 2.02. The van der Waals surface area contributed by atoms with Gasteiger partial charge in [-0.1, -0.05) is 38.0 Å². The monoisotopic (exact) mass is 319 g/mol. The Labute approximate surface area is 137 Å². The molecule has 0 saturated heterocycles. The van der Waals surface area contributed by atoms with Crippen LogP contribution >= 0.6 is 0 Å². The van der Waals surface area contributed by atoms with Crippen LogP contribution in [-0.2, 0) is 9.59 Å². The van der Waals surface area contributed by atoms with Gasteiger partial charge in [0.05, 0.1) is 19.1 Å². The molecule has 23 heavy (non-hydrogen) atoms. The number of methoxy groups -OCH3 is 1. The molecule has 1 atom stereocenters. The van der Waals surface area contributed by atoms with Crippen molar-refractivity contribution in [1.82, 2.24) is 5.32 Å². The maximum Gasteiger partial charge on any atom is 0.305 e. The molecule has 1 aliphatic rings. The summed E-state index contributed by atoms with van der Waals surface area (Å²) in [5, 5.41) is 12.1. The maximum absolute atomic E-state index is 12.4. The molecule has 0 bridgehead atoms. The van der Waals surface area contributed by atoms with E-state index in [2.05, 4.69) is 5.32 Å². The van der Waals surface area contributed by atoms with Crippen molar-refractivity contribution in [3.8, 4) is 5.75 Å². The molecule has 5 heteroatoms. The molecule has 0 aliphatic heterocycles. The molecule has 1 aliphatic carbocycles. The van der Waals surface area contributed by atoms with Crippen LogP contribution in [0.1, 0.15) is 56.9 Å². The normalized spacial score (nSPS) is 17.5. The molecule has 5 nitrogen and oxygen atoms in total. The SMILES string of the molecule is COc1ccccc1C(C)CC(=O)NC1(CC(=O)O)CCCC1. The second-order valence-electron chi connectivity index (χ2n) is 6.45. The molecule has 1 unspecified atom stereocenters. The Kier molecular flexibility index (Phi) is 5.64. The van der Waals surface area contributed by atoms with Crippen LogP contribution in [0.3, 0.4) is 0 Å². The van der Waals surface area contributed by atoms with Gasteiger partial charge in [-0.05, 0) is 30.4 Å². The molecular formula is C18H25NO4. The molecular weight excluding hydrogens is 294 g/mol. The number of para-hydroxylation sites is 1. The molecule has 1 fully saturated rings. The fourth-order valence-electron chi connectivity index (χ4n) is 3.50. The molecule has 1 amide bonds. The highest BCUT2D eigenvalue weighted by molar-refractivity contribution is 5.79. The third kappa shape index (κ3) is 4.47. The average molecular weight is 319 g/mol. The predicted octanol–water partition coefficient (Wildman–Crippen LogP) is 3.09. The Bertz CT molecular complexity index is 564. The minimum atomic E-state index is -0.857. The van der Waals surface area contributed by atoms with E-state index in [0.29, 0.717) is 6.42 Å². The van der Waals surface area contributed by atoms with Gasteiger partial charge in [0.15, 0.2) is 0 Å². The minimum Gasteiger partial charge on any atom is -0.496 e. The lowest BCUT2D eigenvalue weighted by Gasteiger charge is -2.29. The second kappa shape index (κ2) is 7.49. The van der Waals surface area contributed by atoms with E-state index in [9.17, 15) is 9.59 Å². The number of ether oxygens (including phenoxy) is 1. The summed E-state index contributed by atoms with van der Waals surface area (Å²) in [7, 11) is 1.62. The van der Waals surface area contributed by atoms with Crippen LogP contribution in [0, 0.1) is 0 Å². The fraction of sp³-hybridized carbons (Fsp3) is 0.556. The molecule has 2 rings (SSSR count). The Morgan fingerprint density at radius 2 is 1.96 bits per heavy atom. The van der Waals surface area contributed by atoms with E-state index in [1.165, 1.54) is 0 Å². The van der Waals surface area contributed by atoms with E-state index in [1.807, 2.05) is 31.2 Å². The lowest BCUT2D eigenvalue weighted by molar-refractivity contribution is -0.139. The highest BCUT2D eigenvalue weighted by Gasteiger charge is 2.37. The van der Waals surface area contributed by atoms with Crippen LogP contribution in [-0.4, -0.2) is 29.6 Å². The largest absolute Gasteiger partial charge is 0.496 e. The molecule has 126 valence electrons. The number of benzene rings is 1. The molecule has 2 N–H and O–H groups in total. The van der Waals surface area contributed by atoms with E-state index in [1.54, 1.807) is 7.11 Å². The number of carbonyl (C=O) groups is 2. The van der Waals surface area contributed by atoms with Gasteiger partial charge in [-0.2, -0.15) is 0 Å². The first-order valence-corrected chi connectivity index (χ1v) is 8.11. The number of hydrogen-bond donors (Lipinski definition) is 2. The van der Waals surface area contributed by atoms with E-state index in [-0.39, 0.29) is 18.2 Å². The van der Waals surface area contributed by atoms with E-state index in [0.717, 1.165) is 37.0 Å². The maximum atomic E-state index is 12.4. The quantitative estimate of drug-likeness (QED) is 0.810. The molecule has 0 aromatic heterocycles. The summed E-state index contributed by atoms with van der Waals surface area (Å²) in [5.74, 6) is -0.167. The molecule has 1 aromatic rings. The third-order valence-corrected chi connectivity index (χ3v) is 4.62. The van der Waals surface area contributed by atoms with Gasteiger partial charge in [0, 0.05) is 6.42 Å². The minimum absolute atomic E-state index is 0.00176. The highest BCUT2D eigenvalue weighted by atomic mass is 16.5. The number of hydrogen-bond acceptors (Lipinski definition) is 3. The highest BCUT2D eigenvalue weighted by Crippen LogP contribution is 2.34. The molecule has 0 heterocycles. The molecule has 0 spiro atoms. The zero-order valence-electron chi connectivity index (χ0n) is 13.8. The summed E-state index contributed by atoms with van der Waals surface area (Å²) in [6.45, 7) is 1.98. The van der Waals surface area contributed by atoms with Crippen LogP contribution in [0.5, 0.6) is 5.75 Å². The zero-order valence-corrected chi connectivity index (χ0v) is 13.8. The van der Waals surface area contributed by atoms with E-state index < -0.39 is 11.5 Å². The summed E-state index contributed by atoms with van der Waals surface area (Å²) in [6.07, 6.45) is 3.75. The Morgan fingerprint density at radius 3 is 2.57 bits per heavy atom. The van der Waals surface area contributed by atoms with Crippen molar-refractivity contribution in [1.29, 1.82) is 0 Å². The molecule has 0 radical (unpaired) electrons. The number of aliphatic carboxylic acids is 1. The first kappa shape index (κ1) is 17.3. The summed E-state index contributed by atoms with van der Waals surface area (Å²) in [5.41, 5.74) is 0.424. The van der Waals surface area contributed by atoms with Crippen LogP contribution < -0.4 is 10.1 Å². The van der Waals surface area contributed by atoms with Gasteiger partial charge < -0.3 is 15.2 Å². The zero-order chi connectivity index (χ0) is 16.9. The predicted molar refractivity (Wildman–Crippen MR) is 87.6 cm³/mol. The average Bonchev–Trinajstić information content (AvgIpc) is 2.93. The number of carboxylic acid groups (broad SMARTS) is 1. The standard InChI is InChI=1S/C18H25NO4/c1-13(14-7-3-4-8-15(14)23-2)11-16(20)19-18(12-17(21)22)9-5-6-10-18/h3-4,7-8,13H,5-6,9-12H2,1-2H3,(H,19,20)(H,21,22). The summed E-state index contributed by atoms with van der Waals surface area (Å²) in [6, 6.07) is 7.66. The van der Waals surface area contributed by atoms with Crippen molar-refractivity contribution in [3.63, 3.8) is 0 Å². The lowest BCUT2D eigenvalue weighted by atomic mass is 9.91. The number of nitrogens with one attached hydrogen (secondary N) is 1. The van der Waals surface area contributed by atoms with Crippen LogP contribution in [0.4, 0.5) is 0 Å². The summed E-state index contributed by atoms with van der Waals surface area (Å²) in [4.78, 5) is 23.5. The smallest absolute Gasteiger partial charge is 0.305 e. The van der Waals surface area contributed by atoms with E-state index >= 15 is 0 Å². The van der Waals surface area contributed by atoms with Crippen molar-refractivity contribution in [2.45, 2.75) is 56.9 Å². The number of rotatable bonds is 7. The van der Waals surface area contributed by atoms with Gasteiger partial charge in [0.25, 0.3) is 0 Å². The molecule has 1 saturated carbocycles. The van der Waals surface area contributed by atoms with Crippen LogP contribution in [0.2, 0.25) is 0 Å². The van der Waals surface area contributed by atoms with Crippen molar-refractivity contribution in [2.24, 2.45) is 0 Å². The summed E-state index contributed by atoms with van der Waals surface area (Å²) >= 11 is 0. The Morgan fingerprint density at radius 1 is 1.30 bits per heavy atom. The van der Waals surface area contributed by atoms with Crippen molar-refractivity contribution >= 4 is 11.9 Å². The molecule has 1 aromatic carbocycles. The van der Waals surface area contributed by atoms with Crippen molar-refractivity contribution < 1.29 is 19.4 Å². The van der Waals surface area contributed by atoms with Gasteiger partial charge in [-0.25, -0.2) is 0 Å². The van der Waals surface area contributed by atoms with Gasteiger partial charge in [-0.3, -0.25) is 9.59 Å². The van der Waals surface area contributed by atoms with Gasteiger partial charge in [0.2, 0.25) is 5.91 Å². The third-order valence-electron chi connectivity index (χ3n) is 4.62. The topological polar surface area (TPSA) is 75.6 Å². The van der Waals surface area contributed by atoms with Gasteiger partial charge in [0.1, 0.15) is 5.75 Å². The first-order chi connectivity index (χ1) is 11.0. The first-order valence-electron chi connectivity index (χ1n) is 8.11. The second-order valence-corrected chi connectivity index (χ2v) is 6.45. The number of amides is 1. The fourth-order valence-corrected chi connectivity index (χ4v) is 3.50. The van der Waals surface area contributed by atoms with E-state index in [4.69, 9.17) is 9.84 Å². The number of carbonyl (C=O) groups excluding carboxylic acids is 1. The van der Waals surface area contributed by atoms with Crippen LogP contribution in [0.15, 0.2) is 24.3 Å². The summed E-state index contributed by atoms with van der Waals surface area (Å²) < 4.78 is 5.34. The van der Waals surface area contributed by atoms with Crippen LogP contribution in [0.25, 0.3) is 0 Å². The van der Waals surface area contributed by atoms with Gasteiger partial charge in [-0.15, -0.1) is 0 Å². The Hall–Kier alpha value is -2.04. The van der Waals surface area contributed by atoms with Gasteiger partial charge >= 0.3 is 5.97 Å². The van der Waals surface area contributed by atoms with Crippen molar-refractivity contribution in [2.75, 3.05) is 7.11 Å². The number of carboxylic acids is 1. The lowest BCUT2D eigenvalue weighted by Crippen LogP contribution is -2.48. The van der Waals surface area contributed by atoms with Crippen molar-refractivity contribution in [3.05, 3.63) is 29.8 Å².